The molecule has 1 N–H and O–H groups in total. The highest BCUT2D eigenvalue weighted by Crippen LogP contribution is 2.40. The van der Waals surface area contributed by atoms with Crippen LogP contribution in [-0.4, -0.2) is 17.8 Å². The average molecular weight is 370 g/mol. The van der Waals surface area contributed by atoms with Crippen LogP contribution in [0.25, 0.3) is 0 Å². The third-order valence-electron chi connectivity index (χ3n) is 5.57. The van der Waals surface area contributed by atoms with E-state index in [0.29, 0.717) is 6.61 Å². The molecule has 0 amide bonds. The summed E-state index contributed by atoms with van der Waals surface area (Å²) < 4.78 is 6.75. The number of aliphatic hydroxyl groups is 1. The van der Waals surface area contributed by atoms with E-state index < -0.39 is 5.60 Å². The Labute approximate surface area is 167 Å². The lowest BCUT2D eigenvalue weighted by molar-refractivity contribution is 0.000435. The summed E-state index contributed by atoms with van der Waals surface area (Å²) in [6.07, 6.45) is 5.43. The minimum absolute atomic E-state index is 0.167. The van der Waals surface area contributed by atoms with E-state index >= 15 is 0 Å². The molecule has 2 heteroatoms. The lowest BCUT2D eigenvalue weighted by Gasteiger charge is -2.36. The molecule has 4 rings (SSSR count). The van der Waals surface area contributed by atoms with Crippen LogP contribution in [0.2, 0.25) is 0 Å². The van der Waals surface area contributed by atoms with Crippen LogP contribution in [0.15, 0.2) is 103 Å². The van der Waals surface area contributed by atoms with Crippen molar-refractivity contribution < 1.29 is 9.84 Å². The van der Waals surface area contributed by atoms with Crippen molar-refractivity contribution in [2.75, 3.05) is 6.61 Å². The number of ether oxygens (including phenoxy) is 1. The lowest BCUT2D eigenvalue weighted by Crippen LogP contribution is -2.34. The van der Waals surface area contributed by atoms with E-state index in [1.54, 1.807) is 0 Å². The molecule has 0 fully saturated rings. The quantitative estimate of drug-likeness (QED) is 0.450. The van der Waals surface area contributed by atoms with Gasteiger partial charge in [0.2, 0.25) is 0 Å². The first-order valence-electron chi connectivity index (χ1n) is 9.96. The van der Waals surface area contributed by atoms with Crippen LogP contribution in [-0.2, 0) is 10.3 Å². The van der Waals surface area contributed by atoms with Crippen LogP contribution >= 0.6 is 0 Å². The number of hydrogen-bond donors (Lipinski definition) is 1. The summed E-state index contributed by atoms with van der Waals surface area (Å²) >= 11 is 0. The summed E-state index contributed by atoms with van der Waals surface area (Å²) in [5, 5.41) is 10.2. The highest BCUT2D eigenvalue weighted by atomic mass is 16.5. The minimum atomic E-state index is -0.683. The number of hydrogen-bond acceptors (Lipinski definition) is 2. The monoisotopic (exact) mass is 370 g/mol. The van der Waals surface area contributed by atoms with Crippen LogP contribution in [0.5, 0.6) is 0 Å². The number of benzene rings is 3. The number of aliphatic hydroxyl groups excluding tert-OH is 1. The van der Waals surface area contributed by atoms with Gasteiger partial charge in [0.05, 0.1) is 6.10 Å². The molecule has 0 radical (unpaired) electrons. The molecule has 1 aliphatic rings. The van der Waals surface area contributed by atoms with Crippen molar-refractivity contribution in [1.82, 2.24) is 0 Å². The molecule has 28 heavy (non-hydrogen) atoms. The van der Waals surface area contributed by atoms with E-state index in [2.05, 4.69) is 84.9 Å². The molecule has 3 aromatic carbocycles. The van der Waals surface area contributed by atoms with Crippen molar-refractivity contribution >= 4 is 0 Å². The van der Waals surface area contributed by atoms with Gasteiger partial charge in [0.15, 0.2) is 0 Å². The fraction of sp³-hybridized carbons (Fsp3) is 0.231. The van der Waals surface area contributed by atoms with Gasteiger partial charge in [-0.15, -0.1) is 0 Å². The molecular formula is C26H26O2. The Bertz CT molecular complexity index is 791. The third kappa shape index (κ3) is 3.66. The molecule has 0 aromatic heterocycles. The molecule has 0 bridgehead atoms. The van der Waals surface area contributed by atoms with E-state index in [4.69, 9.17) is 4.74 Å². The fourth-order valence-corrected chi connectivity index (χ4v) is 4.10. The molecule has 0 unspecified atom stereocenters. The Morgan fingerprint density at radius 2 is 1.21 bits per heavy atom. The average Bonchev–Trinajstić information content (AvgIpc) is 3.18. The van der Waals surface area contributed by atoms with Crippen LogP contribution in [0.3, 0.4) is 0 Å². The second kappa shape index (κ2) is 8.55. The minimum Gasteiger partial charge on any atom is -0.392 e. The summed E-state index contributed by atoms with van der Waals surface area (Å²) in [7, 11) is 0. The highest BCUT2D eigenvalue weighted by Gasteiger charge is 2.37. The summed E-state index contributed by atoms with van der Waals surface area (Å²) in [6, 6.07) is 31.2. The van der Waals surface area contributed by atoms with Crippen LogP contribution in [0.4, 0.5) is 0 Å². The zero-order valence-corrected chi connectivity index (χ0v) is 15.9. The number of rotatable bonds is 7. The van der Waals surface area contributed by atoms with Gasteiger partial charge in [0, 0.05) is 12.5 Å². The molecule has 0 saturated heterocycles. The maximum absolute atomic E-state index is 10.2. The Morgan fingerprint density at radius 1 is 0.750 bits per heavy atom. The topological polar surface area (TPSA) is 29.5 Å². The van der Waals surface area contributed by atoms with Crippen molar-refractivity contribution in [2.45, 2.75) is 24.5 Å². The second-order valence-corrected chi connectivity index (χ2v) is 7.31. The van der Waals surface area contributed by atoms with Crippen LogP contribution < -0.4 is 0 Å². The van der Waals surface area contributed by atoms with Crippen molar-refractivity contribution in [3.8, 4) is 0 Å². The van der Waals surface area contributed by atoms with E-state index in [9.17, 15) is 5.11 Å². The maximum Gasteiger partial charge on any atom is 0.143 e. The molecule has 2 atom stereocenters. The van der Waals surface area contributed by atoms with Gasteiger partial charge in [-0.3, -0.25) is 0 Å². The predicted octanol–water partition coefficient (Wildman–Crippen LogP) is 5.32. The summed E-state index contributed by atoms with van der Waals surface area (Å²) in [5.74, 6) is 0.167. The van der Waals surface area contributed by atoms with Crippen molar-refractivity contribution in [1.29, 1.82) is 0 Å². The van der Waals surface area contributed by atoms with Gasteiger partial charge >= 0.3 is 0 Å². The molecular weight excluding hydrogens is 344 g/mol. The van der Waals surface area contributed by atoms with E-state index in [1.807, 2.05) is 18.2 Å². The van der Waals surface area contributed by atoms with Crippen LogP contribution in [0, 0.1) is 5.92 Å². The normalized spacial score (nSPS) is 19.0. The standard InChI is InChI=1S/C26H26O2/c27-25-18-10-11-21(25)19-20-28-26(22-12-4-1-5-13-22,23-14-6-2-7-15-23)24-16-8-3-9-17-24/h1-17,21,25,27H,18-20H2/t21-,25-/m1/s1. The first-order valence-corrected chi connectivity index (χ1v) is 9.96. The van der Waals surface area contributed by atoms with Gasteiger partial charge in [0.1, 0.15) is 5.60 Å². The molecule has 0 heterocycles. The molecule has 0 saturated carbocycles. The van der Waals surface area contributed by atoms with Gasteiger partial charge in [-0.05, 0) is 29.5 Å². The molecule has 1 aliphatic carbocycles. The maximum atomic E-state index is 10.2. The predicted molar refractivity (Wildman–Crippen MR) is 113 cm³/mol. The van der Waals surface area contributed by atoms with Crippen molar-refractivity contribution in [2.24, 2.45) is 5.92 Å². The Hall–Kier alpha value is -2.68. The first-order chi connectivity index (χ1) is 13.8. The van der Waals surface area contributed by atoms with Gasteiger partial charge in [-0.2, -0.15) is 0 Å². The summed E-state index contributed by atoms with van der Waals surface area (Å²) in [5.41, 5.74) is 2.64. The Kier molecular flexibility index (Phi) is 5.70. The van der Waals surface area contributed by atoms with Gasteiger partial charge in [-0.25, -0.2) is 0 Å². The Balaban J connectivity index is 1.75. The van der Waals surface area contributed by atoms with E-state index in [1.165, 1.54) is 0 Å². The van der Waals surface area contributed by atoms with Gasteiger partial charge in [0.25, 0.3) is 0 Å². The Morgan fingerprint density at radius 3 is 1.61 bits per heavy atom. The second-order valence-electron chi connectivity index (χ2n) is 7.31. The molecule has 0 aliphatic heterocycles. The zero-order valence-electron chi connectivity index (χ0n) is 15.9. The van der Waals surface area contributed by atoms with Gasteiger partial charge < -0.3 is 9.84 Å². The van der Waals surface area contributed by atoms with Crippen LogP contribution in [0.1, 0.15) is 29.5 Å². The molecule has 3 aromatic rings. The largest absolute Gasteiger partial charge is 0.392 e. The SMILES string of the molecule is O[C@@H]1CC=C[C@@H]1CCOC(c1ccccc1)(c1ccccc1)c1ccccc1. The van der Waals surface area contributed by atoms with E-state index in [0.717, 1.165) is 29.5 Å². The van der Waals surface area contributed by atoms with Gasteiger partial charge in [-0.1, -0.05) is 103 Å². The zero-order chi connectivity index (χ0) is 19.2. The molecule has 0 spiro atoms. The third-order valence-corrected chi connectivity index (χ3v) is 5.57. The van der Waals surface area contributed by atoms with Crippen molar-refractivity contribution in [3.05, 3.63) is 120 Å². The molecule has 142 valence electrons. The fourth-order valence-electron chi connectivity index (χ4n) is 4.10. The summed E-state index contributed by atoms with van der Waals surface area (Å²) in [6.45, 7) is 0.560. The highest BCUT2D eigenvalue weighted by molar-refractivity contribution is 5.47. The lowest BCUT2D eigenvalue weighted by atomic mass is 9.80. The van der Waals surface area contributed by atoms with Crippen molar-refractivity contribution in [3.63, 3.8) is 0 Å². The molecule has 2 nitrogen and oxygen atoms in total. The summed E-state index contributed by atoms with van der Waals surface area (Å²) in [4.78, 5) is 0. The van der Waals surface area contributed by atoms with E-state index in [-0.39, 0.29) is 12.0 Å². The first kappa shape index (κ1) is 18.7. The smallest absolute Gasteiger partial charge is 0.143 e.